The van der Waals surface area contributed by atoms with Crippen molar-refractivity contribution in [3.05, 3.63) is 53.3 Å². The zero-order valence-corrected chi connectivity index (χ0v) is 20.9. The molecule has 2 amide bonds. The number of Topliss-reactive ketones (excluding diaryl/α,β-unsaturated/α-hetero) is 1. The van der Waals surface area contributed by atoms with Gasteiger partial charge in [-0.2, -0.15) is 5.10 Å². The van der Waals surface area contributed by atoms with Crippen LogP contribution in [0, 0.1) is 12.8 Å². The Morgan fingerprint density at radius 3 is 2.64 bits per heavy atom. The molecule has 0 spiro atoms. The third-order valence-electron chi connectivity index (χ3n) is 6.34. The number of aryl methyl sites for hydroxylation is 2. The molecule has 3 atom stereocenters. The fraction of sp³-hybridized carbons (Fsp3) is 0.500. The monoisotopic (exact) mass is 497 g/mol. The van der Waals surface area contributed by atoms with Crippen LogP contribution < -0.4 is 16.4 Å². The summed E-state index contributed by atoms with van der Waals surface area (Å²) in [6.45, 7) is 4.23. The molecule has 0 radical (unpaired) electrons. The van der Waals surface area contributed by atoms with Crippen molar-refractivity contribution in [2.24, 2.45) is 11.7 Å². The van der Waals surface area contributed by atoms with Crippen molar-refractivity contribution in [1.82, 2.24) is 20.4 Å². The van der Waals surface area contributed by atoms with Crippen molar-refractivity contribution in [1.29, 1.82) is 0 Å². The molecule has 1 saturated carbocycles. The molecule has 10 nitrogen and oxygen atoms in total. The molecule has 4 N–H and O–H groups in total. The van der Waals surface area contributed by atoms with Gasteiger partial charge in [0.2, 0.25) is 5.91 Å². The van der Waals surface area contributed by atoms with E-state index < -0.39 is 29.9 Å². The highest BCUT2D eigenvalue weighted by Crippen LogP contribution is 2.27. The lowest BCUT2D eigenvalue weighted by atomic mass is 10.0. The molecule has 2 aromatic rings. The summed E-state index contributed by atoms with van der Waals surface area (Å²) in [5.74, 6) is -2.11. The van der Waals surface area contributed by atoms with Crippen LogP contribution in [0.4, 0.5) is 0 Å². The Morgan fingerprint density at radius 2 is 1.94 bits per heavy atom. The van der Waals surface area contributed by atoms with Crippen molar-refractivity contribution in [2.75, 3.05) is 13.2 Å². The Balaban J connectivity index is 1.60. The number of aromatic nitrogens is 2. The minimum absolute atomic E-state index is 0.284. The number of nitrogens with zero attached hydrogens (tertiary/aromatic N) is 2. The van der Waals surface area contributed by atoms with E-state index in [4.69, 9.17) is 10.5 Å². The predicted octanol–water partition coefficient (Wildman–Crippen LogP) is 1.76. The lowest BCUT2D eigenvalue weighted by Crippen LogP contribution is -2.51. The molecule has 1 aliphatic carbocycles. The summed E-state index contributed by atoms with van der Waals surface area (Å²) in [6.07, 6.45) is 2.81. The summed E-state index contributed by atoms with van der Waals surface area (Å²) < 4.78 is 6.88. The second-order valence-corrected chi connectivity index (χ2v) is 8.99. The highest BCUT2D eigenvalue weighted by molar-refractivity contribution is 5.98. The molecule has 36 heavy (non-hydrogen) atoms. The van der Waals surface area contributed by atoms with Gasteiger partial charge in [0.1, 0.15) is 11.7 Å². The zero-order chi connectivity index (χ0) is 26.1. The zero-order valence-electron chi connectivity index (χ0n) is 20.9. The van der Waals surface area contributed by atoms with E-state index in [-0.39, 0.29) is 18.3 Å². The quantitative estimate of drug-likeness (QED) is 0.299. The number of carbonyl (C=O) groups excluding carboxylic acids is 4. The molecule has 0 aliphatic heterocycles. The Bertz CT molecular complexity index is 1070. The maximum atomic E-state index is 13.2. The molecule has 3 rings (SSSR count). The Kier molecular flexibility index (Phi) is 9.75. The molecule has 194 valence electrons. The summed E-state index contributed by atoms with van der Waals surface area (Å²) in [7, 11) is 0. The van der Waals surface area contributed by atoms with Crippen LogP contribution in [0.1, 0.15) is 65.6 Å². The lowest BCUT2D eigenvalue weighted by molar-refractivity contribution is -0.148. The molecular formula is C26H35N5O5. The Morgan fingerprint density at radius 1 is 1.19 bits per heavy atom. The van der Waals surface area contributed by atoms with E-state index in [1.54, 1.807) is 48.0 Å². The summed E-state index contributed by atoms with van der Waals surface area (Å²) in [6, 6.07) is 9.06. The minimum atomic E-state index is -0.807. The molecule has 1 fully saturated rings. The van der Waals surface area contributed by atoms with Crippen LogP contribution in [0.2, 0.25) is 0 Å². The van der Waals surface area contributed by atoms with Gasteiger partial charge in [-0.1, -0.05) is 36.8 Å². The number of amides is 2. The average Bonchev–Trinajstić information content (AvgIpc) is 3.51. The minimum Gasteiger partial charge on any atom is -0.457 e. The average molecular weight is 498 g/mol. The molecule has 1 heterocycles. The van der Waals surface area contributed by atoms with Crippen LogP contribution in [0.5, 0.6) is 0 Å². The smallest absolute Gasteiger partial charge is 0.311 e. The maximum absolute atomic E-state index is 13.2. The van der Waals surface area contributed by atoms with Crippen LogP contribution in [0.25, 0.3) is 0 Å². The molecule has 1 aromatic carbocycles. The summed E-state index contributed by atoms with van der Waals surface area (Å²) in [5, 5.41) is 10.0. The topological polar surface area (TPSA) is 145 Å². The van der Waals surface area contributed by atoms with Crippen LogP contribution in [0.3, 0.4) is 0 Å². The van der Waals surface area contributed by atoms with Gasteiger partial charge in [0.25, 0.3) is 5.91 Å². The fourth-order valence-electron chi connectivity index (χ4n) is 4.44. The van der Waals surface area contributed by atoms with Gasteiger partial charge >= 0.3 is 5.97 Å². The number of hydrogen-bond donors (Lipinski definition) is 3. The van der Waals surface area contributed by atoms with E-state index in [2.05, 4.69) is 15.7 Å². The van der Waals surface area contributed by atoms with Crippen LogP contribution in [-0.2, 0) is 20.9 Å². The number of rotatable bonds is 12. The Labute approximate surface area is 210 Å². The second-order valence-electron chi connectivity index (χ2n) is 8.99. The van der Waals surface area contributed by atoms with Gasteiger partial charge in [-0.05, 0) is 52.1 Å². The van der Waals surface area contributed by atoms with Crippen LogP contribution in [0.15, 0.2) is 36.4 Å². The highest BCUT2D eigenvalue weighted by atomic mass is 16.5. The van der Waals surface area contributed by atoms with Gasteiger partial charge in [-0.25, -0.2) is 0 Å². The first-order valence-corrected chi connectivity index (χ1v) is 12.4. The van der Waals surface area contributed by atoms with Crippen molar-refractivity contribution in [2.45, 2.75) is 64.6 Å². The molecule has 1 aromatic heterocycles. The Hall–Kier alpha value is -3.53. The molecular weight excluding hydrogens is 462 g/mol. The van der Waals surface area contributed by atoms with Crippen LogP contribution in [-0.4, -0.2) is 58.6 Å². The van der Waals surface area contributed by atoms with Crippen LogP contribution >= 0.6 is 0 Å². The number of ketones is 1. The first kappa shape index (κ1) is 27.1. The van der Waals surface area contributed by atoms with Gasteiger partial charge < -0.3 is 21.1 Å². The standard InChI is InChI=1S/C26H35N5O5/c1-3-31-22(15-17(2)30-31)25(34)29-21(13-8-14-27)24(33)28-20-12-7-11-19(20)26(35)36-16-23(32)18-9-5-4-6-10-18/h4-6,9-10,15,19-21H,3,7-8,11-14,16,27H2,1-2H3,(H,28,33)(H,29,34)/t19-,20+,21+/m1/s1. The van der Waals surface area contributed by atoms with E-state index in [1.165, 1.54) is 0 Å². The number of nitrogens with two attached hydrogens (primary N) is 1. The normalized spacial score (nSPS) is 17.9. The lowest BCUT2D eigenvalue weighted by Gasteiger charge is -2.24. The van der Waals surface area contributed by atoms with Gasteiger partial charge in [0.15, 0.2) is 12.4 Å². The van der Waals surface area contributed by atoms with E-state index in [1.807, 2.05) is 6.92 Å². The first-order valence-electron chi connectivity index (χ1n) is 12.4. The molecule has 0 bridgehead atoms. The van der Waals surface area contributed by atoms with Gasteiger partial charge in [-0.15, -0.1) is 0 Å². The number of esters is 1. The molecule has 0 saturated heterocycles. The summed E-state index contributed by atoms with van der Waals surface area (Å²) in [5.41, 5.74) is 7.21. The first-order chi connectivity index (χ1) is 17.3. The number of ether oxygens (including phenoxy) is 1. The number of carbonyl (C=O) groups is 4. The maximum Gasteiger partial charge on any atom is 0.311 e. The van der Waals surface area contributed by atoms with Gasteiger partial charge in [0, 0.05) is 18.2 Å². The largest absolute Gasteiger partial charge is 0.457 e. The predicted molar refractivity (Wildman–Crippen MR) is 133 cm³/mol. The van der Waals surface area contributed by atoms with Crippen molar-refractivity contribution < 1.29 is 23.9 Å². The van der Waals surface area contributed by atoms with E-state index in [9.17, 15) is 19.2 Å². The number of benzene rings is 1. The third kappa shape index (κ3) is 7.00. The van der Waals surface area contributed by atoms with Crippen molar-refractivity contribution in [3.8, 4) is 0 Å². The summed E-state index contributed by atoms with van der Waals surface area (Å²) >= 11 is 0. The SMILES string of the molecule is CCn1nc(C)cc1C(=O)N[C@@H](CCCN)C(=O)N[C@H]1CCC[C@H]1C(=O)OCC(=O)c1ccccc1. The molecule has 1 aliphatic rings. The second kappa shape index (κ2) is 13.0. The molecule has 0 unspecified atom stereocenters. The third-order valence-corrected chi connectivity index (χ3v) is 6.34. The van der Waals surface area contributed by atoms with Crippen molar-refractivity contribution >= 4 is 23.6 Å². The molecule has 10 heteroatoms. The highest BCUT2D eigenvalue weighted by Gasteiger charge is 2.37. The van der Waals surface area contributed by atoms with Gasteiger partial charge in [0.05, 0.1) is 11.6 Å². The van der Waals surface area contributed by atoms with E-state index >= 15 is 0 Å². The fourth-order valence-corrected chi connectivity index (χ4v) is 4.44. The van der Waals surface area contributed by atoms with E-state index in [0.717, 1.165) is 6.42 Å². The number of nitrogens with one attached hydrogen (secondary N) is 2. The van der Waals surface area contributed by atoms with E-state index in [0.29, 0.717) is 55.7 Å². The number of hydrogen-bond acceptors (Lipinski definition) is 7. The summed E-state index contributed by atoms with van der Waals surface area (Å²) in [4.78, 5) is 51.1. The van der Waals surface area contributed by atoms with Gasteiger partial charge in [-0.3, -0.25) is 23.9 Å². The van der Waals surface area contributed by atoms with Crippen molar-refractivity contribution in [3.63, 3.8) is 0 Å².